The lowest BCUT2D eigenvalue weighted by atomic mass is 9.96. The number of benzene rings is 2. The van der Waals surface area contributed by atoms with Crippen molar-refractivity contribution in [1.82, 2.24) is 15.0 Å². The fourth-order valence-electron chi connectivity index (χ4n) is 3.91. The van der Waals surface area contributed by atoms with E-state index in [9.17, 15) is 4.79 Å². The summed E-state index contributed by atoms with van der Waals surface area (Å²) in [6.45, 7) is 3.28. The molecule has 8 nitrogen and oxygen atoms in total. The highest BCUT2D eigenvalue weighted by atomic mass is 16.7. The summed E-state index contributed by atoms with van der Waals surface area (Å²) >= 11 is 0. The zero-order chi connectivity index (χ0) is 21.2. The summed E-state index contributed by atoms with van der Waals surface area (Å²) in [7, 11) is 0. The zero-order valence-electron chi connectivity index (χ0n) is 17.2. The molecule has 0 N–H and O–H groups in total. The van der Waals surface area contributed by atoms with Crippen LogP contribution in [0.25, 0.3) is 11.4 Å². The van der Waals surface area contributed by atoms with Crippen LogP contribution in [0.5, 0.6) is 17.2 Å². The molecule has 2 aliphatic rings. The number of ether oxygens (including phenoxy) is 3. The zero-order valence-corrected chi connectivity index (χ0v) is 17.2. The van der Waals surface area contributed by atoms with Gasteiger partial charge in [0.25, 0.3) is 5.91 Å². The molecule has 1 amide bonds. The molecule has 8 heteroatoms. The van der Waals surface area contributed by atoms with Gasteiger partial charge in [0.2, 0.25) is 18.5 Å². The maximum absolute atomic E-state index is 12.8. The first-order valence-corrected chi connectivity index (χ1v) is 10.4. The minimum atomic E-state index is -0.528. The second-order valence-electron chi connectivity index (χ2n) is 7.70. The molecule has 160 valence electrons. The lowest BCUT2D eigenvalue weighted by Gasteiger charge is -2.32. The number of nitrogens with zero attached hydrogens (tertiary/aromatic N) is 3. The molecule has 0 saturated carbocycles. The molecule has 0 bridgehead atoms. The predicted octanol–water partition coefficient (Wildman–Crippen LogP) is 3.64. The van der Waals surface area contributed by atoms with Gasteiger partial charge >= 0.3 is 0 Å². The summed E-state index contributed by atoms with van der Waals surface area (Å²) in [6.07, 6.45) is 1.01. The molecule has 3 aromatic rings. The first-order chi connectivity index (χ1) is 15.2. The minimum absolute atomic E-state index is 0.00567. The largest absolute Gasteiger partial charge is 0.481 e. The van der Waals surface area contributed by atoms with E-state index in [2.05, 4.69) is 10.1 Å². The smallest absolute Gasteiger partial charge is 0.263 e. The van der Waals surface area contributed by atoms with E-state index in [1.807, 2.05) is 53.4 Å². The molecule has 2 aliphatic heterocycles. The average molecular weight is 421 g/mol. The van der Waals surface area contributed by atoms with Crippen molar-refractivity contribution in [1.29, 1.82) is 0 Å². The van der Waals surface area contributed by atoms with Crippen LogP contribution in [-0.4, -0.2) is 46.9 Å². The van der Waals surface area contributed by atoms with Crippen LogP contribution in [0.3, 0.4) is 0 Å². The lowest BCUT2D eigenvalue weighted by Crippen LogP contribution is -2.44. The Kier molecular flexibility index (Phi) is 5.19. The summed E-state index contributed by atoms with van der Waals surface area (Å²) in [6, 6.07) is 15.0. The second kappa shape index (κ2) is 8.29. The topological polar surface area (TPSA) is 86.9 Å². The maximum atomic E-state index is 12.8. The Bertz CT molecular complexity index is 1060. The summed E-state index contributed by atoms with van der Waals surface area (Å²) in [5.41, 5.74) is 0.818. The van der Waals surface area contributed by atoms with Gasteiger partial charge in [-0.1, -0.05) is 23.4 Å². The molecular weight excluding hydrogens is 398 g/mol. The van der Waals surface area contributed by atoms with E-state index in [1.54, 1.807) is 6.92 Å². The van der Waals surface area contributed by atoms with Crippen molar-refractivity contribution in [2.24, 2.45) is 0 Å². The third-order valence-electron chi connectivity index (χ3n) is 5.63. The van der Waals surface area contributed by atoms with E-state index in [-0.39, 0.29) is 18.6 Å². The fourth-order valence-corrected chi connectivity index (χ4v) is 3.91. The van der Waals surface area contributed by atoms with Crippen molar-refractivity contribution < 1.29 is 23.5 Å². The van der Waals surface area contributed by atoms with Gasteiger partial charge in [-0.3, -0.25) is 4.79 Å². The van der Waals surface area contributed by atoms with E-state index in [0.717, 1.165) is 24.2 Å². The predicted molar refractivity (Wildman–Crippen MR) is 111 cm³/mol. The molecular formula is C23H23N3O5. The molecule has 1 aromatic heterocycles. The molecule has 0 unspecified atom stereocenters. The van der Waals surface area contributed by atoms with Crippen molar-refractivity contribution in [2.75, 3.05) is 19.9 Å². The molecule has 31 heavy (non-hydrogen) atoms. The van der Waals surface area contributed by atoms with Crippen LogP contribution in [0.1, 0.15) is 31.6 Å². The molecule has 0 radical (unpaired) electrons. The average Bonchev–Trinajstić information content (AvgIpc) is 3.48. The Hall–Kier alpha value is -3.55. The number of para-hydroxylation sites is 1. The van der Waals surface area contributed by atoms with Gasteiger partial charge in [0.05, 0.1) is 0 Å². The van der Waals surface area contributed by atoms with Crippen LogP contribution in [0.4, 0.5) is 0 Å². The normalized spacial score (nSPS) is 16.9. The van der Waals surface area contributed by atoms with Gasteiger partial charge in [-0.25, -0.2) is 0 Å². The highest BCUT2D eigenvalue weighted by Crippen LogP contribution is 2.36. The number of hydrogen-bond acceptors (Lipinski definition) is 7. The van der Waals surface area contributed by atoms with Crippen molar-refractivity contribution in [3.63, 3.8) is 0 Å². The van der Waals surface area contributed by atoms with E-state index in [1.165, 1.54) is 0 Å². The quantitative estimate of drug-likeness (QED) is 0.622. The Labute approximate surface area is 179 Å². The van der Waals surface area contributed by atoms with Gasteiger partial charge in [-0.15, -0.1) is 0 Å². The van der Waals surface area contributed by atoms with E-state index in [4.69, 9.17) is 18.7 Å². The van der Waals surface area contributed by atoms with Gasteiger partial charge in [-0.2, -0.15) is 4.98 Å². The highest BCUT2D eigenvalue weighted by molar-refractivity contribution is 5.81. The van der Waals surface area contributed by atoms with Crippen molar-refractivity contribution in [2.45, 2.75) is 31.8 Å². The fraction of sp³-hybridized carbons (Fsp3) is 0.348. The SMILES string of the molecule is C[C@@H](Oc1ccccc1)C(=O)N1CCC(c2nc(-c3ccc4c(c3)OCO4)no2)CC1. The van der Waals surface area contributed by atoms with Crippen LogP contribution in [0, 0.1) is 0 Å². The molecule has 5 rings (SSSR count). The lowest BCUT2D eigenvalue weighted by molar-refractivity contribution is -0.139. The van der Waals surface area contributed by atoms with Crippen LogP contribution in [0.15, 0.2) is 53.1 Å². The van der Waals surface area contributed by atoms with Crippen molar-refractivity contribution in [3.05, 3.63) is 54.4 Å². The Morgan fingerprint density at radius 2 is 1.87 bits per heavy atom. The number of aromatic nitrogens is 2. The summed E-state index contributed by atoms with van der Waals surface area (Å²) in [4.78, 5) is 19.2. The number of fused-ring (bicyclic) bond motifs is 1. The van der Waals surface area contributed by atoms with Crippen molar-refractivity contribution in [3.8, 4) is 28.6 Å². The monoisotopic (exact) mass is 421 g/mol. The van der Waals surface area contributed by atoms with Gasteiger partial charge in [0.1, 0.15) is 5.75 Å². The van der Waals surface area contributed by atoms with Gasteiger partial charge in [-0.05, 0) is 50.1 Å². The van der Waals surface area contributed by atoms with Gasteiger partial charge < -0.3 is 23.6 Å². The van der Waals surface area contributed by atoms with Gasteiger partial charge in [0.15, 0.2) is 17.6 Å². The summed E-state index contributed by atoms with van der Waals surface area (Å²) in [5, 5.41) is 4.13. The number of amides is 1. The second-order valence-corrected chi connectivity index (χ2v) is 7.70. The maximum Gasteiger partial charge on any atom is 0.263 e. The van der Waals surface area contributed by atoms with E-state index >= 15 is 0 Å². The molecule has 0 spiro atoms. The third kappa shape index (κ3) is 4.05. The Balaban J connectivity index is 1.19. The molecule has 0 aliphatic carbocycles. The number of carbonyl (C=O) groups excluding carboxylic acids is 1. The van der Waals surface area contributed by atoms with Crippen LogP contribution >= 0.6 is 0 Å². The first-order valence-electron chi connectivity index (χ1n) is 10.4. The summed E-state index contributed by atoms with van der Waals surface area (Å²) in [5.74, 6) is 3.35. The number of rotatable bonds is 5. The molecule has 1 atom stereocenters. The van der Waals surface area contributed by atoms with E-state index < -0.39 is 6.10 Å². The Morgan fingerprint density at radius 3 is 2.68 bits per heavy atom. The molecule has 1 fully saturated rings. The minimum Gasteiger partial charge on any atom is -0.481 e. The highest BCUT2D eigenvalue weighted by Gasteiger charge is 2.30. The Morgan fingerprint density at radius 1 is 1.10 bits per heavy atom. The van der Waals surface area contributed by atoms with Crippen molar-refractivity contribution >= 4 is 5.91 Å². The van der Waals surface area contributed by atoms with Crippen LogP contribution in [-0.2, 0) is 4.79 Å². The molecule has 1 saturated heterocycles. The van der Waals surface area contributed by atoms with Crippen LogP contribution in [0.2, 0.25) is 0 Å². The van der Waals surface area contributed by atoms with Gasteiger partial charge in [0, 0.05) is 24.6 Å². The van der Waals surface area contributed by atoms with Crippen LogP contribution < -0.4 is 14.2 Å². The summed E-state index contributed by atoms with van der Waals surface area (Å²) < 4.78 is 22.1. The standard InChI is InChI=1S/C23H23N3O5/c1-15(30-18-5-3-2-4-6-18)23(27)26-11-9-16(10-12-26)22-24-21(25-31-22)17-7-8-19-20(13-17)29-14-28-19/h2-8,13,15-16H,9-12,14H2,1H3/t15-/m1/s1. The molecule has 2 aromatic carbocycles. The number of carbonyl (C=O) groups is 1. The molecule has 3 heterocycles. The number of hydrogen-bond donors (Lipinski definition) is 0. The number of likely N-dealkylation sites (tertiary alicyclic amines) is 1. The van der Waals surface area contributed by atoms with E-state index in [0.29, 0.717) is 36.3 Å². The first kappa shape index (κ1) is 19.4. The third-order valence-corrected chi connectivity index (χ3v) is 5.63. The number of piperidine rings is 1.